The lowest BCUT2D eigenvalue weighted by Gasteiger charge is -2.35. The lowest BCUT2D eigenvalue weighted by molar-refractivity contribution is -0.146. The molecule has 1 aliphatic rings. The van der Waals surface area contributed by atoms with Crippen LogP contribution in [0.15, 0.2) is 12.1 Å². The first kappa shape index (κ1) is 19.8. The quantitative estimate of drug-likeness (QED) is 0.741. The van der Waals surface area contributed by atoms with E-state index in [2.05, 4.69) is 12.2 Å². The maximum atomic E-state index is 13.0. The van der Waals surface area contributed by atoms with Gasteiger partial charge in [0.1, 0.15) is 11.4 Å². The largest absolute Gasteiger partial charge is 0.490 e. The fraction of sp³-hybridized carbons (Fsp3) is 0.667. The van der Waals surface area contributed by atoms with E-state index in [1.165, 1.54) is 6.42 Å². The van der Waals surface area contributed by atoms with E-state index < -0.39 is 5.60 Å². The highest BCUT2D eigenvalue weighted by Crippen LogP contribution is 2.34. The van der Waals surface area contributed by atoms with Gasteiger partial charge in [0.2, 0.25) is 0 Å². The zero-order chi connectivity index (χ0) is 18.4. The summed E-state index contributed by atoms with van der Waals surface area (Å²) in [6.45, 7) is 10.8. The summed E-state index contributed by atoms with van der Waals surface area (Å²) in [6, 6.07) is 3.97. The van der Waals surface area contributed by atoms with Crippen LogP contribution in [0.2, 0.25) is 0 Å². The third-order valence-corrected chi connectivity index (χ3v) is 4.73. The number of carbonyl (C=O) groups excluding carboxylic acids is 1. The molecular weight excluding hydrogens is 314 g/mol. The van der Waals surface area contributed by atoms with Crippen LogP contribution in [0.3, 0.4) is 0 Å². The number of benzene rings is 1. The minimum Gasteiger partial charge on any atom is -0.490 e. The Morgan fingerprint density at radius 2 is 1.76 bits per heavy atom. The molecule has 0 radical (unpaired) electrons. The highest BCUT2D eigenvalue weighted by Gasteiger charge is 2.40. The summed E-state index contributed by atoms with van der Waals surface area (Å²) in [5, 5.41) is 3.10. The summed E-state index contributed by atoms with van der Waals surface area (Å²) < 4.78 is 11.9. The Balaban J connectivity index is 2.17. The van der Waals surface area contributed by atoms with Crippen LogP contribution >= 0.6 is 0 Å². The van der Waals surface area contributed by atoms with Crippen molar-refractivity contribution in [3.63, 3.8) is 0 Å². The molecule has 1 amide bonds. The molecule has 1 aromatic rings. The molecule has 1 saturated carbocycles. The van der Waals surface area contributed by atoms with E-state index in [0.29, 0.717) is 6.61 Å². The molecule has 1 N–H and O–H groups in total. The Morgan fingerprint density at radius 1 is 1.16 bits per heavy atom. The van der Waals surface area contributed by atoms with Gasteiger partial charge in [0, 0.05) is 12.3 Å². The van der Waals surface area contributed by atoms with Crippen molar-refractivity contribution in [2.45, 2.75) is 84.8 Å². The van der Waals surface area contributed by atoms with Gasteiger partial charge in [-0.2, -0.15) is 0 Å². The van der Waals surface area contributed by atoms with E-state index in [4.69, 9.17) is 9.47 Å². The van der Waals surface area contributed by atoms with Crippen LogP contribution in [-0.2, 0) is 9.53 Å². The Bertz CT molecular complexity index is 566. The number of aryl methyl sites for hydroxylation is 2. The van der Waals surface area contributed by atoms with Crippen molar-refractivity contribution < 1.29 is 14.3 Å². The predicted octanol–water partition coefficient (Wildman–Crippen LogP) is 5.16. The molecule has 25 heavy (non-hydrogen) atoms. The van der Waals surface area contributed by atoms with Crippen LogP contribution in [0.25, 0.3) is 0 Å². The molecule has 1 aromatic carbocycles. The monoisotopic (exact) mass is 347 g/mol. The van der Waals surface area contributed by atoms with E-state index in [1.54, 1.807) is 0 Å². The Hall–Kier alpha value is -1.55. The van der Waals surface area contributed by atoms with Gasteiger partial charge in [-0.25, -0.2) is 0 Å². The summed E-state index contributed by atoms with van der Waals surface area (Å²) in [7, 11) is 0. The number of nitrogens with one attached hydrogen (secondary N) is 1. The van der Waals surface area contributed by atoms with E-state index in [1.807, 2.05) is 39.8 Å². The highest BCUT2D eigenvalue weighted by molar-refractivity contribution is 5.97. The molecule has 4 heteroatoms. The maximum Gasteiger partial charge on any atom is 0.256 e. The fourth-order valence-electron chi connectivity index (χ4n) is 3.55. The minimum absolute atomic E-state index is 0.00280. The van der Waals surface area contributed by atoms with E-state index in [9.17, 15) is 4.79 Å². The van der Waals surface area contributed by atoms with E-state index >= 15 is 0 Å². The summed E-state index contributed by atoms with van der Waals surface area (Å²) in [4.78, 5) is 13.0. The van der Waals surface area contributed by atoms with Gasteiger partial charge in [-0.1, -0.05) is 26.2 Å². The number of hydrogen-bond acceptors (Lipinski definition) is 3. The SMILES string of the molecule is CCCOC1(C(=O)Nc2cc(C)c(OC(C)C)c(C)c2)CCCCC1. The first-order valence-corrected chi connectivity index (χ1v) is 9.61. The molecule has 4 nitrogen and oxygen atoms in total. The average Bonchev–Trinajstić information content (AvgIpc) is 2.57. The van der Waals surface area contributed by atoms with Crippen LogP contribution in [0.4, 0.5) is 5.69 Å². The standard InChI is InChI=1S/C21H33NO3/c1-6-12-24-21(10-8-7-9-11-21)20(23)22-18-13-16(4)19(17(5)14-18)25-15(2)3/h13-15H,6-12H2,1-5H3,(H,22,23). The van der Waals surface area contributed by atoms with Gasteiger partial charge in [-0.15, -0.1) is 0 Å². The molecule has 0 atom stereocenters. The second kappa shape index (κ2) is 8.70. The van der Waals surface area contributed by atoms with Crippen molar-refractivity contribution in [3.05, 3.63) is 23.3 Å². The third-order valence-electron chi connectivity index (χ3n) is 4.73. The molecule has 0 aliphatic heterocycles. The number of rotatable bonds is 7. The van der Waals surface area contributed by atoms with Gasteiger partial charge in [0.15, 0.2) is 0 Å². The van der Waals surface area contributed by atoms with Crippen LogP contribution in [0, 0.1) is 13.8 Å². The maximum absolute atomic E-state index is 13.0. The van der Waals surface area contributed by atoms with Crippen LogP contribution in [0.1, 0.15) is 70.4 Å². The van der Waals surface area contributed by atoms with Crippen molar-refractivity contribution >= 4 is 11.6 Å². The van der Waals surface area contributed by atoms with Gasteiger partial charge in [0.25, 0.3) is 5.91 Å². The molecule has 0 unspecified atom stereocenters. The number of anilines is 1. The van der Waals surface area contributed by atoms with Crippen LogP contribution < -0.4 is 10.1 Å². The summed E-state index contributed by atoms with van der Waals surface area (Å²) in [6.07, 6.45) is 5.97. The molecule has 0 spiro atoms. The second-order valence-electron chi connectivity index (χ2n) is 7.46. The Labute approximate surface area is 152 Å². The molecule has 0 bridgehead atoms. The zero-order valence-corrected chi connectivity index (χ0v) is 16.4. The lowest BCUT2D eigenvalue weighted by atomic mass is 9.83. The molecular formula is C21H33NO3. The topological polar surface area (TPSA) is 47.6 Å². The van der Waals surface area contributed by atoms with Crippen LogP contribution in [0.5, 0.6) is 5.75 Å². The molecule has 0 aromatic heterocycles. The number of hydrogen-bond donors (Lipinski definition) is 1. The Morgan fingerprint density at radius 3 is 2.28 bits per heavy atom. The smallest absolute Gasteiger partial charge is 0.256 e. The molecule has 1 fully saturated rings. The third kappa shape index (κ3) is 4.97. The number of ether oxygens (including phenoxy) is 2. The second-order valence-corrected chi connectivity index (χ2v) is 7.46. The van der Waals surface area contributed by atoms with E-state index in [-0.39, 0.29) is 12.0 Å². The number of carbonyl (C=O) groups is 1. The van der Waals surface area contributed by atoms with Crippen molar-refractivity contribution in [2.24, 2.45) is 0 Å². The summed E-state index contributed by atoms with van der Waals surface area (Å²) in [5.41, 5.74) is 2.23. The summed E-state index contributed by atoms with van der Waals surface area (Å²) in [5.74, 6) is 0.902. The zero-order valence-electron chi connectivity index (χ0n) is 16.4. The first-order chi connectivity index (χ1) is 11.9. The van der Waals surface area contributed by atoms with Gasteiger partial charge >= 0.3 is 0 Å². The van der Waals surface area contributed by atoms with Crippen molar-refractivity contribution in [3.8, 4) is 5.75 Å². The summed E-state index contributed by atoms with van der Waals surface area (Å²) >= 11 is 0. The van der Waals surface area contributed by atoms with Gasteiger partial charge in [0.05, 0.1) is 6.10 Å². The van der Waals surface area contributed by atoms with Gasteiger partial charge in [-0.05, 0) is 70.2 Å². The highest BCUT2D eigenvalue weighted by atomic mass is 16.5. The molecule has 1 aliphatic carbocycles. The molecule has 0 heterocycles. The van der Waals surface area contributed by atoms with Gasteiger partial charge in [-0.3, -0.25) is 4.79 Å². The van der Waals surface area contributed by atoms with Crippen molar-refractivity contribution in [1.29, 1.82) is 0 Å². The first-order valence-electron chi connectivity index (χ1n) is 9.61. The molecule has 0 saturated heterocycles. The minimum atomic E-state index is -0.664. The van der Waals surface area contributed by atoms with Crippen molar-refractivity contribution in [1.82, 2.24) is 0 Å². The van der Waals surface area contributed by atoms with Crippen LogP contribution in [-0.4, -0.2) is 24.2 Å². The van der Waals surface area contributed by atoms with Gasteiger partial charge < -0.3 is 14.8 Å². The average molecular weight is 347 g/mol. The molecule has 2 rings (SSSR count). The predicted molar refractivity (Wildman–Crippen MR) is 102 cm³/mol. The number of amides is 1. The molecule has 140 valence electrons. The normalized spacial score (nSPS) is 16.7. The van der Waals surface area contributed by atoms with Crippen molar-refractivity contribution in [2.75, 3.05) is 11.9 Å². The lowest BCUT2D eigenvalue weighted by Crippen LogP contribution is -2.47. The fourth-order valence-corrected chi connectivity index (χ4v) is 3.55. The Kier molecular flexibility index (Phi) is 6.88. The van der Waals surface area contributed by atoms with E-state index in [0.717, 1.165) is 54.7 Å².